The molecule has 1 heterocycles. The van der Waals surface area contributed by atoms with Crippen molar-refractivity contribution in [2.45, 2.75) is 26.2 Å². The van der Waals surface area contributed by atoms with Gasteiger partial charge in [0.25, 0.3) is 0 Å². The van der Waals surface area contributed by atoms with E-state index >= 15 is 0 Å². The summed E-state index contributed by atoms with van der Waals surface area (Å²) in [4.78, 5) is 7.14. The fourth-order valence-electron chi connectivity index (χ4n) is 0.952. The number of ether oxygens (including phenoxy) is 1. The Morgan fingerprint density at radius 3 is 3.08 bits per heavy atom. The molecule has 1 N–H and O–H groups in total. The van der Waals surface area contributed by atoms with Crippen LogP contribution in [0.25, 0.3) is 0 Å². The Bertz CT molecular complexity index is 184. The molecule has 0 atom stereocenters. The van der Waals surface area contributed by atoms with Crippen LogP contribution >= 0.6 is 0 Å². The van der Waals surface area contributed by atoms with Crippen molar-refractivity contribution in [1.82, 2.24) is 9.97 Å². The first-order valence-corrected chi connectivity index (χ1v) is 4.49. The van der Waals surface area contributed by atoms with E-state index in [4.69, 9.17) is 4.74 Å². The summed E-state index contributed by atoms with van der Waals surface area (Å²) in [5, 5.41) is 0. The van der Waals surface area contributed by atoms with Crippen LogP contribution in [-0.2, 0) is 11.2 Å². The lowest BCUT2D eigenvalue weighted by molar-refractivity contribution is 0.133. The summed E-state index contributed by atoms with van der Waals surface area (Å²) in [6.45, 7) is 3.81. The van der Waals surface area contributed by atoms with Gasteiger partial charge in [0.1, 0.15) is 5.82 Å². The number of aromatic nitrogens is 2. The van der Waals surface area contributed by atoms with Gasteiger partial charge < -0.3 is 9.72 Å². The van der Waals surface area contributed by atoms with Gasteiger partial charge in [-0.3, -0.25) is 0 Å². The lowest BCUT2D eigenvalue weighted by Gasteiger charge is -2.00. The average molecular weight is 168 g/mol. The summed E-state index contributed by atoms with van der Waals surface area (Å²) in [6, 6.07) is 0. The number of nitrogens with one attached hydrogen (secondary N) is 1. The van der Waals surface area contributed by atoms with Gasteiger partial charge in [0.15, 0.2) is 0 Å². The van der Waals surface area contributed by atoms with Crippen LogP contribution in [0.1, 0.15) is 25.6 Å². The van der Waals surface area contributed by atoms with Crippen LogP contribution in [0.3, 0.4) is 0 Å². The Labute approximate surface area is 73.2 Å². The Balaban J connectivity index is 1.96. The molecule has 0 amide bonds. The fraction of sp³-hybridized carbons (Fsp3) is 0.667. The zero-order valence-corrected chi connectivity index (χ0v) is 7.55. The van der Waals surface area contributed by atoms with E-state index in [0.29, 0.717) is 0 Å². The number of rotatable bonds is 6. The molecule has 0 aliphatic rings. The maximum atomic E-state index is 5.39. The number of hydrogen-bond acceptors (Lipinski definition) is 2. The second-order valence-electron chi connectivity index (χ2n) is 2.75. The van der Waals surface area contributed by atoms with Crippen molar-refractivity contribution < 1.29 is 4.74 Å². The van der Waals surface area contributed by atoms with Gasteiger partial charge >= 0.3 is 0 Å². The number of aromatic amines is 1. The molecular weight excluding hydrogens is 152 g/mol. The molecule has 68 valence electrons. The molecule has 0 aliphatic heterocycles. The zero-order chi connectivity index (χ0) is 8.65. The van der Waals surface area contributed by atoms with Crippen LogP contribution in [0.5, 0.6) is 0 Å². The molecule has 3 nitrogen and oxygen atoms in total. The van der Waals surface area contributed by atoms with Crippen molar-refractivity contribution in [1.29, 1.82) is 0 Å². The van der Waals surface area contributed by atoms with Gasteiger partial charge in [0.2, 0.25) is 0 Å². The Kier molecular flexibility index (Phi) is 4.46. The molecule has 0 aromatic carbocycles. The maximum absolute atomic E-state index is 5.39. The fourth-order valence-corrected chi connectivity index (χ4v) is 0.952. The molecule has 0 fully saturated rings. The van der Waals surface area contributed by atoms with Crippen molar-refractivity contribution in [3.05, 3.63) is 18.2 Å². The minimum absolute atomic E-state index is 0.771. The van der Waals surface area contributed by atoms with E-state index in [1.165, 1.54) is 6.42 Å². The van der Waals surface area contributed by atoms with E-state index < -0.39 is 0 Å². The largest absolute Gasteiger partial charge is 0.381 e. The van der Waals surface area contributed by atoms with Gasteiger partial charge in [-0.25, -0.2) is 4.98 Å². The number of hydrogen-bond donors (Lipinski definition) is 1. The third-order valence-electron chi connectivity index (χ3n) is 1.68. The second-order valence-corrected chi connectivity index (χ2v) is 2.75. The topological polar surface area (TPSA) is 37.9 Å². The molecular formula is C9H16N2O. The van der Waals surface area contributed by atoms with Crippen LogP contribution in [-0.4, -0.2) is 23.2 Å². The van der Waals surface area contributed by atoms with E-state index in [-0.39, 0.29) is 0 Å². The molecule has 0 unspecified atom stereocenters. The number of H-pyrrole nitrogens is 1. The van der Waals surface area contributed by atoms with Gasteiger partial charge in [-0.1, -0.05) is 13.3 Å². The standard InChI is InChI=1S/C9H16N2O/c1-2-3-7-12-8-4-9-10-5-6-11-9/h5-6H,2-4,7-8H2,1H3,(H,10,11). The molecule has 0 spiro atoms. The number of nitrogens with zero attached hydrogens (tertiary/aromatic N) is 1. The van der Waals surface area contributed by atoms with Crippen LogP contribution in [0.4, 0.5) is 0 Å². The lowest BCUT2D eigenvalue weighted by atomic mass is 10.4. The lowest BCUT2D eigenvalue weighted by Crippen LogP contribution is -2.01. The van der Waals surface area contributed by atoms with E-state index in [0.717, 1.165) is 31.9 Å². The van der Waals surface area contributed by atoms with Crippen LogP contribution in [0.2, 0.25) is 0 Å². The third kappa shape index (κ3) is 3.53. The highest BCUT2D eigenvalue weighted by Crippen LogP contribution is 1.92. The summed E-state index contributed by atoms with van der Waals surface area (Å²) < 4.78 is 5.39. The van der Waals surface area contributed by atoms with Gasteiger partial charge in [0, 0.05) is 25.4 Å². The molecule has 1 aromatic heterocycles. The minimum Gasteiger partial charge on any atom is -0.381 e. The highest BCUT2D eigenvalue weighted by molar-refractivity contribution is 4.86. The first kappa shape index (κ1) is 9.26. The molecule has 3 heteroatoms. The Morgan fingerprint density at radius 1 is 1.50 bits per heavy atom. The minimum atomic E-state index is 0.771. The first-order chi connectivity index (χ1) is 5.93. The summed E-state index contributed by atoms with van der Waals surface area (Å²) >= 11 is 0. The molecule has 1 aromatic rings. The van der Waals surface area contributed by atoms with Crippen LogP contribution < -0.4 is 0 Å². The maximum Gasteiger partial charge on any atom is 0.108 e. The van der Waals surface area contributed by atoms with Gasteiger partial charge in [-0.2, -0.15) is 0 Å². The summed E-state index contributed by atoms with van der Waals surface area (Å²) in [5.74, 6) is 1.01. The van der Waals surface area contributed by atoms with Crippen molar-refractivity contribution in [2.24, 2.45) is 0 Å². The molecule has 0 saturated heterocycles. The smallest absolute Gasteiger partial charge is 0.108 e. The highest BCUT2D eigenvalue weighted by atomic mass is 16.5. The zero-order valence-electron chi connectivity index (χ0n) is 7.55. The van der Waals surface area contributed by atoms with Crippen LogP contribution in [0, 0.1) is 0 Å². The summed E-state index contributed by atoms with van der Waals surface area (Å²) in [5.41, 5.74) is 0. The van der Waals surface area contributed by atoms with Crippen LogP contribution in [0.15, 0.2) is 12.4 Å². The summed E-state index contributed by atoms with van der Waals surface area (Å²) in [7, 11) is 0. The quantitative estimate of drug-likeness (QED) is 0.657. The van der Waals surface area contributed by atoms with Crippen molar-refractivity contribution in [3.63, 3.8) is 0 Å². The van der Waals surface area contributed by atoms with E-state index in [1.807, 2.05) is 6.20 Å². The Hall–Kier alpha value is -0.830. The normalized spacial score (nSPS) is 10.4. The molecule has 12 heavy (non-hydrogen) atoms. The SMILES string of the molecule is CCCCOCCc1ncc[nH]1. The predicted molar refractivity (Wildman–Crippen MR) is 48.0 cm³/mol. The highest BCUT2D eigenvalue weighted by Gasteiger charge is 1.93. The molecule has 0 radical (unpaired) electrons. The second kappa shape index (κ2) is 5.77. The van der Waals surface area contributed by atoms with E-state index in [1.54, 1.807) is 6.20 Å². The average Bonchev–Trinajstić information content (AvgIpc) is 2.57. The van der Waals surface area contributed by atoms with Gasteiger partial charge in [-0.05, 0) is 6.42 Å². The number of imidazole rings is 1. The van der Waals surface area contributed by atoms with Crippen molar-refractivity contribution in [3.8, 4) is 0 Å². The molecule has 0 aliphatic carbocycles. The summed E-state index contributed by atoms with van der Waals surface area (Å²) in [6.07, 6.45) is 6.83. The van der Waals surface area contributed by atoms with Gasteiger partial charge in [-0.15, -0.1) is 0 Å². The number of unbranched alkanes of at least 4 members (excludes halogenated alkanes) is 1. The predicted octanol–water partition coefficient (Wildman–Crippen LogP) is 1.77. The molecule has 0 bridgehead atoms. The molecule has 0 saturated carbocycles. The Morgan fingerprint density at radius 2 is 2.42 bits per heavy atom. The first-order valence-electron chi connectivity index (χ1n) is 4.49. The molecule has 1 rings (SSSR count). The van der Waals surface area contributed by atoms with E-state index in [2.05, 4.69) is 16.9 Å². The van der Waals surface area contributed by atoms with E-state index in [9.17, 15) is 0 Å². The van der Waals surface area contributed by atoms with Gasteiger partial charge in [0.05, 0.1) is 6.61 Å². The third-order valence-corrected chi connectivity index (χ3v) is 1.68. The van der Waals surface area contributed by atoms with Crippen molar-refractivity contribution >= 4 is 0 Å². The van der Waals surface area contributed by atoms with Crippen molar-refractivity contribution in [2.75, 3.05) is 13.2 Å². The monoisotopic (exact) mass is 168 g/mol.